The zero-order valence-corrected chi connectivity index (χ0v) is 20.8. The van der Waals surface area contributed by atoms with Crippen molar-refractivity contribution in [1.82, 2.24) is 20.2 Å². The molecule has 3 aromatic heterocycles. The van der Waals surface area contributed by atoms with Crippen molar-refractivity contribution in [3.05, 3.63) is 40.9 Å². The Morgan fingerprint density at radius 3 is 2.47 bits per heavy atom. The van der Waals surface area contributed by atoms with Crippen LogP contribution in [0.5, 0.6) is 10.9 Å². The van der Waals surface area contributed by atoms with Crippen LogP contribution in [0.2, 0.25) is 5.15 Å². The largest absolute Gasteiger partial charge is 0.494 e. The van der Waals surface area contributed by atoms with Crippen LogP contribution in [0.1, 0.15) is 48.2 Å². The summed E-state index contributed by atoms with van der Waals surface area (Å²) < 4.78 is 15.9. The molecule has 1 N–H and O–H groups in total. The minimum absolute atomic E-state index is 0.287. The lowest BCUT2D eigenvalue weighted by Gasteiger charge is -2.36. The molecule has 34 heavy (non-hydrogen) atoms. The van der Waals surface area contributed by atoms with Gasteiger partial charge in [-0.15, -0.1) is 5.10 Å². The average molecular weight is 504 g/mol. The molecule has 9 nitrogen and oxygen atoms in total. The second kappa shape index (κ2) is 10.6. The van der Waals surface area contributed by atoms with Crippen LogP contribution in [0.15, 0.2) is 24.5 Å². The Kier molecular flexibility index (Phi) is 7.60. The number of hydrogen-bond donors (Lipinski definition) is 1. The van der Waals surface area contributed by atoms with Crippen LogP contribution < -0.4 is 14.8 Å². The molecule has 0 radical (unpaired) electrons. The molecular formula is C23H26ClN5O4S. The van der Waals surface area contributed by atoms with E-state index in [-0.39, 0.29) is 11.1 Å². The molecule has 1 saturated heterocycles. The zero-order chi connectivity index (χ0) is 24.1. The van der Waals surface area contributed by atoms with Gasteiger partial charge in [0, 0.05) is 29.6 Å². The molecule has 5 rings (SSSR count). The molecular weight excluding hydrogens is 478 g/mol. The van der Waals surface area contributed by atoms with Crippen molar-refractivity contribution in [3.63, 3.8) is 0 Å². The van der Waals surface area contributed by atoms with E-state index in [1.54, 1.807) is 12.1 Å². The predicted octanol–water partition coefficient (Wildman–Crippen LogP) is 4.95. The lowest BCUT2D eigenvalue weighted by molar-refractivity contribution is -0.0561. The van der Waals surface area contributed by atoms with E-state index in [9.17, 15) is 4.79 Å². The molecule has 0 unspecified atom stereocenters. The van der Waals surface area contributed by atoms with Gasteiger partial charge < -0.3 is 14.2 Å². The first kappa shape index (κ1) is 24.3. The van der Waals surface area contributed by atoms with Gasteiger partial charge in [0.2, 0.25) is 5.13 Å². The predicted molar refractivity (Wildman–Crippen MR) is 130 cm³/mol. The van der Waals surface area contributed by atoms with E-state index in [0.717, 1.165) is 23.6 Å². The van der Waals surface area contributed by atoms with Crippen LogP contribution in [0, 0.1) is 6.92 Å². The topological polar surface area (TPSA) is 108 Å². The monoisotopic (exact) mass is 503 g/mol. The summed E-state index contributed by atoms with van der Waals surface area (Å²) in [6.07, 6.45) is 9.73. The maximum Gasteiger partial charge on any atom is 0.295 e. The number of aryl methyl sites for hydroxylation is 1. The zero-order valence-electron chi connectivity index (χ0n) is 19.3. The van der Waals surface area contributed by atoms with Crippen molar-refractivity contribution in [3.8, 4) is 22.1 Å². The number of pyridine rings is 2. The molecule has 1 amide bonds. The van der Waals surface area contributed by atoms with Crippen molar-refractivity contribution in [2.45, 2.75) is 44.6 Å². The van der Waals surface area contributed by atoms with Crippen molar-refractivity contribution in [2.75, 3.05) is 26.1 Å². The summed E-state index contributed by atoms with van der Waals surface area (Å²) in [5, 5.41) is 11.3. The Balaban J connectivity index is 0.000000285. The molecule has 2 aliphatic rings. The third-order valence-corrected chi connectivity index (χ3v) is 6.89. The van der Waals surface area contributed by atoms with Crippen molar-refractivity contribution < 1.29 is 19.0 Å². The third-order valence-electron chi connectivity index (χ3n) is 5.88. The summed E-state index contributed by atoms with van der Waals surface area (Å²) in [6, 6.07) is 3.42. The first-order valence-corrected chi connectivity index (χ1v) is 12.1. The minimum Gasteiger partial charge on any atom is -0.494 e. The van der Waals surface area contributed by atoms with Gasteiger partial charge in [-0.05, 0) is 62.5 Å². The van der Waals surface area contributed by atoms with E-state index in [1.807, 2.05) is 6.92 Å². The van der Waals surface area contributed by atoms with Crippen LogP contribution in [0.3, 0.4) is 0 Å². The second-order valence-corrected chi connectivity index (χ2v) is 9.43. The number of hydrogen-bond acceptors (Lipinski definition) is 9. The number of aromatic nitrogens is 4. The molecule has 3 aromatic rings. The van der Waals surface area contributed by atoms with Crippen LogP contribution >= 0.6 is 22.9 Å². The molecule has 0 atom stereocenters. The van der Waals surface area contributed by atoms with E-state index in [1.165, 1.54) is 58.7 Å². The fraction of sp³-hybridized carbons (Fsp3) is 0.435. The van der Waals surface area contributed by atoms with Crippen LogP contribution in [0.4, 0.5) is 5.13 Å². The quantitative estimate of drug-likeness (QED) is 0.487. The molecule has 0 aromatic carbocycles. The van der Waals surface area contributed by atoms with E-state index in [4.69, 9.17) is 25.8 Å². The Morgan fingerprint density at radius 1 is 1.09 bits per heavy atom. The van der Waals surface area contributed by atoms with Gasteiger partial charge in [0.25, 0.3) is 11.1 Å². The lowest BCUT2D eigenvalue weighted by Crippen LogP contribution is -2.35. The van der Waals surface area contributed by atoms with Crippen molar-refractivity contribution in [1.29, 1.82) is 0 Å². The molecule has 1 spiro atoms. The van der Waals surface area contributed by atoms with E-state index < -0.39 is 0 Å². The SMILES string of the molecule is C1COC2(C1)CCC2.COc1nnc(NC(=O)c2cnc(C)cc2-c2cc(Cl)ncc2OC)s1. The van der Waals surface area contributed by atoms with Gasteiger partial charge in [-0.25, -0.2) is 4.98 Å². The highest BCUT2D eigenvalue weighted by Gasteiger charge is 2.40. The second-order valence-electron chi connectivity index (χ2n) is 8.10. The van der Waals surface area contributed by atoms with Gasteiger partial charge in [0.1, 0.15) is 10.9 Å². The number of ether oxygens (including phenoxy) is 3. The Labute approximate surface area is 206 Å². The highest BCUT2D eigenvalue weighted by molar-refractivity contribution is 7.17. The molecule has 0 bridgehead atoms. The maximum absolute atomic E-state index is 12.8. The minimum atomic E-state index is -0.388. The van der Waals surface area contributed by atoms with Crippen LogP contribution in [-0.4, -0.2) is 52.5 Å². The average Bonchev–Trinajstić information content (AvgIpc) is 3.49. The number of methoxy groups -OCH3 is 2. The number of anilines is 1. The highest BCUT2D eigenvalue weighted by atomic mass is 35.5. The lowest BCUT2D eigenvalue weighted by atomic mass is 9.78. The number of carbonyl (C=O) groups excluding carboxylic acids is 1. The number of nitrogens with one attached hydrogen (secondary N) is 1. The summed E-state index contributed by atoms with van der Waals surface area (Å²) in [4.78, 5) is 21.0. The Bertz CT molecular complexity index is 1160. The number of nitrogens with zero attached hydrogens (tertiary/aromatic N) is 4. The molecule has 180 valence electrons. The smallest absolute Gasteiger partial charge is 0.295 e. The normalized spacial score (nSPS) is 15.8. The Hall–Kier alpha value is -2.82. The van der Waals surface area contributed by atoms with Crippen molar-refractivity contribution >= 4 is 34.0 Å². The maximum atomic E-state index is 12.8. The fourth-order valence-corrected chi connectivity index (χ4v) is 4.70. The van der Waals surface area contributed by atoms with Gasteiger partial charge >= 0.3 is 0 Å². The molecule has 1 aliphatic carbocycles. The molecule has 4 heterocycles. The number of amides is 1. The van der Waals surface area contributed by atoms with E-state index >= 15 is 0 Å². The Morgan fingerprint density at radius 2 is 1.88 bits per heavy atom. The fourth-order valence-electron chi connectivity index (χ4n) is 3.98. The van der Waals surface area contributed by atoms with Crippen LogP contribution in [-0.2, 0) is 4.74 Å². The van der Waals surface area contributed by atoms with Crippen molar-refractivity contribution in [2.24, 2.45) is 0 Å². The molecule has 11 heteroatoms. The first-order valence-electron chi connectivity index (χ1n) is 10.9. The van der Waals surface area contributed by atoms with Gasteiger partial charge in [-0.3, -0.25) is 15.1 Å². The third kappa shape index (κ3) is 5.45. The summed E-state index contributed by atoms with van der Waals surface area (Å²) in [5.41, 5.74) is 2.75. The van der Waals surface area contributed by atoms with Gasteiger partial charge in [0.05, 0.1) is 31.6 Å². The molecule has 1 aliphatic heterocycles. The van der Waals surface area contributed by atoms with E-state index in [2.05, 4.69) is 25.5 Å². The van der Waals surface area contributed by atoms with Gasteiger partial charge in [0.15, 0.2) is 0 Å². The summed E-state index contributed by atoms with van der Waals surface area (Å²) in [5.74, 6) is 0.105. The number of carbonyl (C=O) groups is 1. The standard InChI is InChI=1S/C16H14ClN5O3S.C7H12O/c1-8-4-9(10-5-13(17)19-7-12(10)24-2)11(6-18-8)14(23)20-15-21-22-16(25-3)26-15;1-3-7(4-1)5-2-6-8-7/h4-7H,1-3H3,(H,20,21,23);1-6H2. The van der Waals surface area contributed by atoms with Gasteiger partial charge in [-0.1, -0.05) is 16.7 Å². The molecule has 1 saturated carbocycles. The number of rotatable bonds is 5. The molecule has 2 fully saturated rings. The van der Waals surface area contributed by atoms with E-state index in [0.29, 0.717) is 38.4 Å². The highest BCUT2D eigenvalue weighted by Crippen LogP contribution is 2.43. The summed E-state index contributed by atoms with van der Waals surface area (Å²) in [7, 11) is 3.00. The first-order chi connectivity index (χ1) is 16.4. The van der Waals surface area contributed by atoms with Gasteiger partial charge in [-0.2, -0.15) is 0 Å². The number of halogens is 1. The summed E-state index contributed by atoms with van der Waals surface area (Å²) in [6.45, 7) is 2.86. The summed E-state index contributed by atoms with van der Waals surface area (Å²) >= 11 is 7.15. The van der Waals surface area contributed by atoms with Crippen LogP contribution in [0.25, 0.3) is 11.1 Å².